The van der Waals surface area contributed by atoms with Crippen LogP contribution in [0, 0.1) is 17.8 Å². The van der Waals surface area contributed by atoms with Gasteiger partial charge in [-0.25, -0.2) is 4.79 Å². The topological polar surface area (TPSA) is 72.8 Å². The molecule has 0 aliphatic heterocycles. The minimum atomic E-state index is -0.922. The number of carbonyl (C=O) groups excluding carboxylic acids is 1. The summed E-state index contributed by atoms with van der Waals surface area (Å²) in [6.07, 6.45) is 8.56. The Morgan fingerprint density at radius 3 is 2.21 bits per heavy atom. The molecule has 1 unspecified atom stereocenters. The lowest BCUT2D eigenvalue weighted by atomic mass is 9.48. The zero-order valence-corrected chi connectivity index (χ0v) is 22.2. The van der Waals surface area contributed by atoms with Gasteiger partial charge in [0.1, 0.15) is 5.75 Å². The number of aromatic carboxylic acids is 1. The van der Waals surface area contributed by atoms with Gasteiger partial charge in [-0.15, -0.1) is 0 Å². The molecule has 7 rings (SSSR count). The quantitative estimate of drug-likeness (QED) is 0.247. The van der Waals surface area contributed by atoms with E-state index in [1.165, 1.54) is 51.0 Å². The normalized spacial score (nSPS) is 26.3. The molecule has 198 valence electrons. The molecule has 0 spiro atoms. The molecular formula is C33H36O5. The lowest BCUT2D eigenvalue weighted by Crippen LogP contribution is -2.48. The smallest absolute Gasteiger partial charge is 0.335 e. The van der Waals surface area contributed by atoms with Crippen molar-refractivity contribution in [3.63, 3.8) is 0 Å². The fraction of sp³-hybridized carbons (Fsp3) is 0.455. The van der Waals surface area contributed by atoms with Gasteiger partial charge in [0.15, 0.2) is 0 Å². The molecular weight excluding hydrogens is 476 g/mol. The molecule has 5 heteroatoms. The summed E-state index contributed by atoms with van der Waals surface area (Å²) < 4.78 is 12.2. The molecule has 1 N–H and O–H groups in total. The standard InChI is InChI=1S/C33H36O5/c1-3-5-31(37-20(2)34)38-30-15-26-6-4-7-27(24-8-10-25(11-9-24)32(35)36)28(26)16-29(30)33-17-21-12-22(18-33)14-23(13-21)19-33/h4,6-11,15-16,21-23,31H,3,5,12-14,17-19H2,1-2H3,(H,35,36). The highest BCUT2D eigenvalue weighted by atomic mass is 16.7. The van der Waals surface area contributed by atoms with Crippen LogP contribution in [0.1, 0.15) is 81.1 Å². The van der Waals surface area contributed by atoms with Crippen LogP contribution in [-0.2, 0) is 14.9 Å². The summed E-state index contributed by atoms with van der Waals surface area (Å²) in [6, 6.07) is 17.9. The number of hydrogen-bond acceptors (Lipinski definition) is 4. The van der Waals surface area contributed by atoms with Gasteiger partial charge in [0.2, 0.25) is 6.29 Å². The van der Waals surface area contributed by atoms with E-state index in [0.29, 0.717) is 6.42 Å². The van der Waals surface area contributed by atoms with E-state index >= 15 is 0 Å². The molecule has 4 saturated carbocycles. The number of fused-ring (bicyclic) bond motifs is 1. The Balaban J connectivity index is 1.49. The Kier molecular flexibility index (Phi) is 6.41. The van der Waals surface area contributed by atoms with Crippen LogP contribution in [0.3, 0.4) is 0 Å². The molecule has 3 aromatic carbocycles. The molecule has 3 aromatic rings. The zero-order chi connectivity index (χ0) is 26.4. The first kappa shape index (κ1) is 25.0. The van der Waals surface area contributed by atoms with E-state index in [0.717, 1.165) is 51.8 Å². The third-order valence-corrected chi connectivity index (χ3v) is 9.11. The monoisotopic (exact) mass is 512 g/mol. The van der Waals surface area contributed by atoms with Crippen LogP contribution in [0.4, 0.5) is 0 Å². The SMILES string of the molecule is CCCC(OC(C)=O)Oc1cc2cccc(-c3ccc(C(=O)O)cc3)c2cc1C12CC3CC(CC(C3)C1)C2. The lowest BCUT2D eigenvalue weighted by Gasteiger charge is -2.57. The maximum Gasteiger partial charge on any atom is 0.335 e. The van der Waals surface area contributed by atoms with Crippen molar-refractivity contribution in [3.05, 3.63) is 65.7 Å². The Bertz CT molecular complexity index is 1340. The molecule has 1 atom stereocenters. The van der Waals surface area contributed by atoms with Crippen molar-refractivity contribution in [1.29, 1.82) is 0 Å². The van der Waals surface area contributed by atoms with Crippen LogP contribution in [0.25, 0.3) is 21.9 Å². The van der Waals surface area contributed by atoms with Gasteiger partial charge in [-0.05, 0) is 114 Å². The van der Waals surface area contributed by atoms with Gasteiger partial charge in [-0.1, -0.05) is 37.3 Å². The molecule has 4 bridgehead atoms. The first-order chi connectivity index (χ1) is 18.3. The van der Waals surface area contributed by atoms with Crippen LogP contribution in [0.2, 0.25) is 0 Å². The van der Waals surface area contributed by atoms with Crippen molar-refractivity contribution >= 4 is 22.7 Å². The molecule has 0 heterocycles. The zero-order valence-electron chi connectivity index (χ0n) is 22.2. The Hall–Kier alpha value is -3.34. The fourth-order valence-corrected chi connectivity index (χ4v) is 8.01. The van der Waals surface area contributed by atoms with Crippen molar-refractivity contribution in [1.82, 2.24) is 0 Å². The van der Waals surface area contributed by atoms with Gasteiger partial charge in [0, 0.05) is 18.9 Å². The second-order valence-electron chi connectivity index (χ2n) is 11.9. The minimum Gasteiger partial charge on any atom is -0.478 e. The number of carboxylic acids is 1. The first-order valence-electron chi connectivity index (χ1n) is 14.1. The van der Waals surface area contributed by atoms with E-state index in [2.05, 4.69) is 31.2 Å². The van der Waals surface area contributed by atoms with Crippen LogP contribution in [-0.4, -0.2) is 23.3 Å². The summed E-state index contributed by atoms with van der Waals surface area (Å²) in [6.45, 7) is 3.51. The second-order valence-corrected chi connectivity index (χ2v) is 11.9. The molecule has 38 heavy (non-hydrogen) atoms. The van der Waals surface area contributed by atoms with Crippen molar-refractivity contribution in [2.75, 3.05) is 0 Å². The van der Waals surface area contributed by atoms with Gasteiger partial charge in [0.05, 0.1) is 5.56 Å². The average Bonchev–Trinajstić information content (AvgIpc) is 2.87. The van der Waals surface area contributed by atoms with E-state index < -0.39 is 12.3 Å². The third kappa shape index (κ3) is 4.57. The van der Waals surface area contributed by atoms with E-state index in [-0.39, 0.29) is 16.9 Å². The lowest BCUT2D eigenvalue weighted by molar-refractivity contribution is -0.161. The number of ether oxygens (including phenoxy) is 2. The number of hydrogen-bond donors (Lipinski definition) is 1. The van der Waals surface area contributed by atoms with Gasteiger partial charge >= 0.3 is 11.9 Å². The molecule has 0 saturated heterocycles. The van der Waals surface area contributed by atoms with Crippen molar-refractivity contribution in [2.45, 2.75) is 76.9 Å². The Morgan fingerprint density at radius 2 is 1.63 bits per heavy atom. The van der Waals surface area contributed by atoms with Crippen LogP contribution in [0.5, 0.6) is 5.75 Å². The van der Waals surface area contributed by atoms with E-state index in [1.807, 2.05) is 18.2 Å². The summed E-state index contributed by atoms with van der Waals surface area (Å²) in [5.74, 6) is 1.94. The maximum absolute atomic E-state index is 11.9. The molecule has 0 aromatic heterocycles. The highest BCUT2D eigenvalue weighted by molar-refractivity contribution is 5.99. The Labute approximate surface area is 224 Å². The number of carboxylic acid groups (broad SMARTS) is 1. The van der Waals surface area contributed by atoms with Crippen LogP contribution < -0.4 is 4.74 Å². The number of rotatable bonds is 8. The molecule has 0 radical (unpaired) electrons. The highest BCUT2D eigenvalue weighted by Gasteiger charge is 2.52. The molecule has 4 aliphatic rings. The summed E-state index contributed by atoms with van der Waals surface area (Å²) >= 11 is 0. The van der Waals surface area contributed by atoms with Gasteiger partial charge in [0.25, 0.3) is 0 Å². The third-order valence-electron chi connectivity index (χ3n) is 9.11. The summed E-state index contributed by atoms with van der Waals surface area (Å²) in [4.78, 5) is 23.3. The summed E-state index contributed by atoms with van der Waals surface area (Å²) in [5, 5.41) is 11.6. The highest BCUT2D eigenvalue weighted by Crippen LogP contribution is 2.62. The predicted octanol–water partition coefficient (Wildman–Crippen LogP) is 7.74. The molecule has 0 amide bonds. The van der Waals surface area contributed by atoms with Crippen LogP contribution >= 0.6 is 0 Å². The average molecular weight is 513 g/mol. The largest absolute Gasteiger partial charge is 0.478 e. The summed E-state index contributed by atoms with van der Waals surface area (Å²) in [7, 11) is 0. The molecule has 5 nitrogen and oxygen atoms in total. The minimum absolute atomic E-state index is 0.0888. The number of carbonyl (C=O) groups is 2. The maximum atomic E-state index is 11.9. The second kappa shape index (κ2) is 9.76. The number of esters is 1. The van der Waals surface area contributed by atoms with Gasteiger partial charge in [-0.2, -0.15) is 0 Å². The predicted molar refractivity (Wildman–Crippen MR) is 147 cm³/mol. The Morgan fingerprint density at radius 1 is 0.974 bits per heavy atom. The van der Waals surface area contributed by atoms with Crippen LogP contribution in [0.15, 0.2) is 54.6 Å². The molecule has 4 fully saturated rings. The van der Waals surface area contributed by atoms with Crippen molar-refractivity contribution in [3.8, 4) is 16.9 Å². The number of benzene rings is 3. The van der Waals surface area contributed by atoms with Crippen molar-refractivity contribution < 1.29 is 24.2 Å². The van der Waals surface area contributed by atoms with E-state index in [9.17, 15) is 14.7 Å². The first-order valence-corrected chi connectivity index (χ1v) is 14.1. The van der Waals surface area contributed by atoms with Gasteiger partial charge in [-0.3, -0.25) is 4.79 Å². The van der Waals surface area contributed by atoms with Crippen molar-refractivity contribution in [2.24, 2.45) is 17.8 Å². The van der Waals surface area contributed by atoms with E-state index in [1.54, 1.807) is 12.1 Å². The molecule has 4 aliphatic carbocycles. The van der Waals surface area contributed by atoms with E-state index in [4.69, 9.17) is 9.47 Å². The summed E-state index contributed by atoms with van der Waals surface area (Å²) in [5.41, 5.74) is 3.71. The van der Waals surface area contributed by atoms with Gasteiger partial charge < -0.3 is 14.6 Å². The fourth-order valence-electron chi connectivity index (χ4n) is 8.01.